The molecule has 0 aromatic carbocycles. The maximum atomic E-state index is 12.5. The predicted octanol–water partition coefficient (Wildman–Crippen LogP) is 1.51. The number of nitrogens with one attached hydrogen (secondary N) is 3. The number of rotatable bonds is 4. The summed E-state index contributed by atoms with van der Waals surface area (Å²) in [6.07, 6.45) is 3.13. The van der Waals surface area contributed by atoms with E-state index >= 15 is 0 Å². The minimum absolute atomic E-state index is 0.0642. The number of carbonyl (C=O) groups is 1. The molecular weight excluding hydrogens is 312 g/mol. The van der Waals surface area contributed by atoms with E-state index in [1.165, 1.54) is 10.4 Å². The Morgan fingerprint density at radius 3 is 3.04 bits per heavy atom. The molecule has 1 aliphatic rings. The van der Waals surface area contributed by atoms with Crippen molar-refractivity contribution in [2.45, 2.75) is 39.2 Å². The van der Waals surface area contributed by atoms with Crippen molar-refractivity contribution in [3.8, 4) is 0 Å². The minimum atomic E-state index is -0.192. The van der Waals surface area contributed by atoms with Gasteiger partial charge in [-0.05, 0) is 37.7 Å². The first-order valence-electron chi connectivity index (χ1n) is 7.98. The Hall–Kier alpha value is -1.73. The van der Waals surface area contributed by atoms with Crippen LogP contribution in [-0.4, -0.2) is 29.5 Å². The average Bonchev–Trinajstić information content (AvgIpc) is 2.89. The van der Waals surface area contributed by atoms with Crippen LogP contribution in [0.1, 0.15) is 42.6 Å². The number of nitrogens with zero attached hydrogens (tertiary/aromatic N) is 1. The van der Waals surface area contributed by atoms with Crippen molar-refractivity contribution in [3.05, 3.63) is 26.6 Å². The Morgan fingerprint density at radius 2 is 2.30 bits per heavy atom. The van der Waals surface area contributed by atoms with Gasteiger partial charge in [0, 0.05) is 11.9 Å². The summed E-state index contributed by atoms with van der Waals surface area (Å²) in [7, 11) is 1.60. The number of aryl methyl sites for hydroxylation is 1. The lowest BCUT2D eigenvalue weighted by Crippen LogP contribution is -2.34. The summed E-state index contributed by atoms with van der Waals surface area (Å²) >= 11 is 1.64. The lowest BCUT2D eigenvalue weighted by atomic mass is 9.89. The van der Waals surface area contributed by atoms with Crippen LogP contribution in [0.15, 0.2) is 4.79 Å². The van der Waals surface area contributed by atoms with Gasteiger partial charge in [-0.1, -0.05) is 6.92 Å². The van der Waals surface area contributed by atoms with E-state index in [-0.39, 0.29) is 24.1 Å². The van der Waals surface area contributed by atoms with Crippen molar-refractivity contribution in [2.24, 2.45) is 5.92 Å². The summed E-state index contributed by atoms with van der Waals surface area (Å²) < 4.78 is 0. The number of H-pyrrole nitrogens is 1. The van der Waals surface area contributed by atoms with Crippen LogP contribution in [0.2, 0.25) is 0 Å². The Kier molecular flexibility index (Phi) is 4.50. The molecule has 0 bridgehead atoms. The topological polar surface area (TPSA) is 86.9 Å². The Morgan fingerprint density at radius 1 is 1.52 bits per heavy atom. The number of aromatic nitrogens is 2. The third kappa shape index (κ3) is 3.16. The summed E-state index contributed by atoms with van der Waals surface area (Å²) in [6.45, 7) is 4.34. The van der Waals surface area contributed by atoms with Gasteiger partial charge in [0.25, 0.3) is 5.56 Å². The molecule has 1 amide bonds. The van der Waals surface area contributed by atoms with E-state index in [0.717, 1.165) is 29.5 Å². The van der Waals surface area contributed by atoms with Gasteiger partial charge in [-0.15, -0.1) is 11.3 Å². The number of hydrogen-bond donors (Lipinski definition) is 3. The third-order valence-corrected chi connectivity index (χ3v) is 5.59. The molecule has 2 aromatic heterocycles. The standard InChI is InChI=1S/C16H22N4O2S/c1-8-4-5-10-11(6-8)23-16-13(10)15(22)19-14(20-16)9(2)18-7-12(21)17-3/h8-9,18H,4-7H2,1-3H3,(H,17,21)(H,19,20,22)/t8-,9+/m1/s1. The monoisotopic (exact) mass is 334 g/mol. The molecule has 0 saturated carbocycles. The van der Waals surface area contributed by atoms with Gasteiger partial charge >= 0.3 is 0 Å². The summed E-state index contributed by atoms with van der Waals surface area (Å²) in [6, 6.07) is -0.192. The molecule has 3 N–H and O–H groups in total. The van der Waals surface area contributed by atoms with Crippen molar-refractivity contribution in [2.75, 3.05) is 13.6 Å². The molecule has 0 saturated heterocycles. The highest BCUT2D eigenvalue weighted by molar-refractivity contribution is 7.18. The van der Waals surface area contributed by atoms with E-state index in [1.54, 1.807) is 18.4 Å². The van der Waals surface area contributed by atoms with Crippen LogP contribution >= 0.6 is 11.3 Å². The zero-order valence-electron chi connectivity index (χ0n) is 13.7. The SMILES string of the molecule is CNC(=O)CN[C@@H](C)c1nc2sc3c(c2c(=O)[nH]1)CC[C@@H](C)C3. The Bertz CT molecular complexity index is 795. The van der Waals surface area contributed by atoms with Crippen LogP contribution in [-0.2, 0) is 17.6 Å². The number of fused-ring (bicyclic) bond motifs is 3. The second-order valence-corrected chi connectivity index (χ2v) is 7.34. The van der Waals surface area contributed by atoms with Gasteiger partial charge in [0.15, 0.2) is 0 Å². The van der Waals surface area contributed by atoms with E-state index in [2.05, 4.69) is 27.5 Å². The summed E-state index contributed by atoms with van der Waals surface area (Å²) in [5.74, 6) is 1.15. The molecule has 3 rings (SSSR count). The van der Waals surface area contributed by atoms with Gasteiger partial charge in [0.05, 0.1) is 18.0 Å². The van der Waals surface area contributed by atoms with Crippen molar-refractivity contribution in [3.63, 3.8) is 0 Å². The van der Waals surface area contributed by atoms with E-state index in [4.69, 9.17) is 0 Å². The molecule has 0 fully saturated rings. The van der Waals surface area contributed by atoms with Gasteiger partial charge in [0.2, 0.25) is 5.91 Å². The lowest BCUT2D eigenvalue weighted by Gasteiger charge is -2.17. The predicted molar refractivity (Wildman–Crippen MR) is 91.9 cm³/mol. The van der Waals surface area contributed by atoms with Crippen molar-refractivity contribution in [1.29, 1.82) is 0 Å². The molecule has 0 spiro atoms. The van der Waals surface area contributed by atoms with Crippen LogP contribution in [0.25, 0.3) is 10.2 Å². The third-order valence-electron chi connectivity index (χ3n) is 4.44. The van der Waals surface area contributed by atoms with E-state index in [1.807, 2.05) is 6.92 Å². The van der Waals surface area contributed by atoms with Gasteiger partial charge in [-0.3, -0.25) is 14.9 Å². The molecule has 124 valence electrons. The molecule has 0 aliphatic heterocycles. The molecule has 7 heteroatoms. The van der Waals surface area contributed by atoms with Gasteiger partial charge in [-0.25, -0.2) is 4.98 Å². The molecule has 2 heterocycles. The number of aromatic amines is 1. The van der Waals surface area contributed by atoms with Crippen LogP contribution < -0.4 is 16.2 Å². The van der Waals surface area contributed by atoms with E-state index < -0.39 is 0 Å². The highest BCUT2D eigenvalue weighted by Crippen LogP contribution is 2.35. The van der Waals surface area contributed by atoms with Gasteiger partial charge in [0.1, 0.15) is 10.7 Å². The minimum Gasteiger partial charge on any atom is -0.358 e. The fourth-order valence-corrected chi connectivity index (χ4v) is 4.39. The normalized spacial score (nSPS) is 18.7. The summed E-state index contributed by atoms with van der Waals surface area (Å²) in [4.78, 5) is 33.5. The van der Waals surface area contributed by atoms with E-state index in [0.29, 0.717) is 11.7 Å². The molecule has 1 aliphatic carbocycles. The van der Waals surface area contributed by atoms with Gasteiger partial charge in [-0.2, -0.15) is 0 Å². The molecular formula is C16H22N4O2S. The molecule has 2 atom stereocenters. The number of hydrogen-bond acceptors (Lipinski definition) is 5. The van der Waals surface area contributed by atoms with Crippen LogP contribution in [0.4, 0.5) is 0 Å². The number of carbonyl (C=O) groups excluding carboxylic acids is 1. The lowest BCUT2D eigenvalue weighted by molar-refractivity contribution is -0.119. The quantitative estimate of drug-likeness (QED) is 0.791. The zero-order chi connectivity index (χ0) is 16.6. The van der Waals surface area contributed by atoms with Crippen LogP contribution in [0.5, 0.6) is 0 Å². The average molecular weight is 334 g/mol. The van der Waals surface area contributed by atoms with Crippen molar-refractivity contribution < 1.29 is 4.79 Å². The number of amides is 1. The second-order valence-electron chi connectivity index (χ2n) is 6.26. The zero-order valence-corrected chi connectivity index (χ0v) is 14.5. The Balaban J connectivity index is 1.92. The largest absolute Gasteiger partial charge is 0.358 e. The fraction of sp³-hybridized carbons (Fsp3) is 0.562. The van der Waals surface area contributed by atoms with Crippen molar-refractivity contribution >= 4 is 27.5 Å². The second kappa shape index (κ2) is 6.41. The van der Waals surface area contributed by atoms with E-state index in [9.17, 15) is 9.59 Å². The highest BCUT2D eigenvalue weighted by atomic mass is 32.1. The summed E-state index contributed by atoms with van der Waals surface area (Å²) in [5.41, 5.74) is 1.13. The first kappa shape index (κ1) is 16.1. The summed E-state index contributed by atoms with van der Waals surface area (Å²) in [5, 5.41) is 6.39. The van der Waals surface area contributed by atoms with Gasteiger partial charge < -0.3 is 10.3 Å². The number of likely N-dealkylation sites (N-methyl/N-ethyl adjacent to an activating group) is 1. The molecule has 23 heavy (non-hydrogen) atoms. The maximum Gasteiger partial charge on any atom is 0.259 e. The maximum absolute atomic E-state index is 12.5. The van der Waals surface area contributed by atoms with Crippen LogP contribution in [0, 0.1) is 5.92 Å². The molecule has 0 unspecified atom stereocenters. The molecule has 6 nitrogen and oxygen atoms in total. The van der Waals surface area contributed by atoms with Crippen LogP contribution in [0.3, 0.4) is 0 Å². The first-order chi connectivity index (χ1) is 11.0. The fourth-order valence-electron chi connectivity index (χ4n) is 3.00. The number of thiophene rings is 1. The molecule has 2 aromatic rings. The smallest absolute Gasteiger partial charge is 0.259 e. The first-order valence-corrected chi connectivity index (χ1v) is 8.79. The highest BCUT2D eigenvalue weighted by Gasteiger charge is 2.23. The molecule has 0 radical (unpaired) electrons. The Labute approximate surface area is 138 Å². The van der Waals surface area contributed by atoms with Crippen molar-refractivity contribution in [1.82, 2.24) is 20.6 Å².